The van der Waals surface area contributed by atoms with Gasteiger partial charge in [-0.25, -0.2) is 0 Å². The van der Waals surface area contributed by atoms with Crippen molar-refractivity contribution in [3.05, 3.63) is 30.1 Å². The number of carbonyl (C=O) groups is 2. The molecular formula is C16H20N2O3. The number of aromatic nitrogens is 1. The fraction of sp³-hybridized carbons (Fsp3) is 0.562. The molecule has 0 aliphatic heterocycles. The number of carbonyl (C=O) groups excluding carboxylic acids is 2. The third kappa shape index (κ3) is 2.77. The van der Waals surface area contributed by atoms with E-state index in [1.54, 1.807) is 12.4 Å². The number of fused-ring (bicyclic) bond motifs is 2. The van der Waals surface area contributed by atoms with E-state index in [-0.39, 0.29) is 23.8 Å². The smallest absolute Gasteiger partial charge is 0.311 e. The molecule has 3 rings (SSSR count). The SMILES string of the molecule is COC(=O)[C@H]1[C@H]2CC[C@@H](C2)[C@@H]1NC(=O)Cc1cccnc1. The van der Waals surface area contributed by atoms with Crippen LogP contribution in [0.3, 0.4) is 0 Å². The highest BCUT2D eigenvalue weighted by Gasteiger charge is 2.51. The van der Waals surface area contributed by atoms with Crippen molar-refractivity contribution in [1.82, 2.24) is 10.3 Å². The van der Waals surface area contributed by atoms with Crippen LogP contribution in [0.5, 0.6) is 0 Å². The van der Waals surface area contributed by atoms with E-state index in [0.717, 1.165) is 24.8 Å². The van der Waals surface area contributed by atoms with Crippen LogP contribution < -0.4 is 5.32 Å². The second-order valence-corrected chi connectivity index (χ2v) is 6.01. The molecule has 0 radical (unpaired) electrons. The molecule has 2 saturated carbocycles. The average Bonchev–Trinajstić information content (AvgIpc) is 3.08. The van der Waals surface area contributed by atoms with Crippen LogP contribution in [-0.2, 0) is 20.7 Å². The number of amides is 1. The number of ether oxygens (including phenoxy) is 1. The Balaban J connectivity index is 1.65. The van der Waals surface area contributed by atoms with Gasteiger partial charge in [-0.3, -0.25) is 14.6 Å². The van der Waals surface area contributed by atoms with Gasteiger partial charge in [-0.2, -0.15) is 0 Å². The Kier molecular flexibility index (Phi) is 3.90. The molecule has 2 aliphatic carbocycles. The molecule has 1 aromatic heterocycles. The van der Waals surface area contributed by atoms with E-state index >= 15 is 0 Å². The van der Waals surface area contributed by atoms with Gasteiger partial charge in [-0.15, -0.1) is 0 Å². The summed E-state index contributed by atoms with van der Waals surface area (Å²) in [5.41, 5.74) is 0.882. The minimum Gasteiger partial charge on any atom is -0.469 e. The number of rotatable bonds is 4. The molecule has 1 N–H and O–H groups in total. The fourth-order valence-electron chi connectivity index (χ4n) is 3.90. The lowest BCUT2D eigenvalue weighted by atomic mass is 9.84. The van der Waals surface area contributed by atoms with Gasteiger partial charge in [0.05, 0.1) is 19.4 Å². The molecule has 0 spiro atoms. The Labute approximate surface area is 124 Å². The molecule has 112 valence electrons. The number of methoxy groups -OCH3 is 1. The van der Waals surface area contributed by atoms with Crippen molar-refractivity contribution in [2.75, 3.05) is 7.11 Å². The van der Waals surface area contributed by atoms with E-state index in [1.807, 2.05) is 12.1 Å². The van der Waals surface area contributed by atoms with Gasteiger partial charge in [0.15, 0.2) is 0 Å². The van der Waals surface area contributed by atoms with Gasteiger partial charge in [0.25, 0.3) is 0 Å². The summed E-state index contributed by atoms with van der Waals surface area (Å²) < 4.78 is 4.92. The molecule has 1 aromatic rings. The third-order valence-corrected chi connectivity index (χ3v) is 4.80. The van der Waals surface area contributed by atoms with Crippen molar-refractivity contribution in [1.29, 1.82) is 0 Å². The molecule has 0 unspecified atom stereocenters. The second-order valence-electron chi connectivity index (χ2n) is 6.01. The van der Waals surface area contributed by atoms with Gasteiger partial charge < -0.3 is 10.1 Å². The Morgan fingerprint density at radius 1 is 1.38 bits per heavy atom. The van der Waals surface area contributed by atoms with Gasteiger partial charge in [0.2, 0.25) is 5.91 Å². The number of pyridine rings is 1. The van der Waals surface area contributed by atoms with E-state index in [1.165, 1.54) is 7.11 Å². The molecule has 4 atom stereocenters. The topological polar surface area (TPSA) is 68.3 Å². The Hall–Kier alpha value is -1.91. The number of hydrogen-bond acceptors (Lipinski definition) is 4. The maximum absolute atomic E-state index is 12.2. The maximum atomic E-state index is 12.2. The molecule has 2 fully saturated rings. The largest absolute Gasteiger partial charge is 0.469 e. The van der Waals surface area contributed by atoms with Gasteiger partial charge in [0, 0.05) is 18.4 Å². The van der Waals surface area contributed by atoms with Gasteiger partial charge in [0.1, 0.15) is 0 Å². The van der Waals surface area contributed by atoms with E-state index < -0.39 is 0 Å². The Bertz CT molecular complexity index is 532. The van der Waals surface area contributed by atoms with Gasteiger partial charge >= 0.3 is 5.97 Å². The monoisotopic (exact) mass is 288 g/mol. The summed E-state index contributed by atoms with van der Waals surface area (Å²) in [5, 5.41) is 3.06. The van der Waals surface area contributed by atoms with Crippen molar-refractivity contribution >= 4 is 11.9 Å². The number of esters is 1. The predicted molar refractivity (Wildman–Crippen MR) is 76.2 cm³/mol. The minimum absolute atomic E-state index is 0.0468. The van der Waals surface area contributed by atoms with Crippen molar-refractivity contribution in [3.63, 3.8) is 0 Å². The molecule has 21 heavy (non-hydrogen) atoms. The van der Waals surface area contributed by atoms with Gasteiger partial charge in [-0.05, 0) is 42.7 Å². The van der Waals surface area contributed by atoms with E-state index in [2.05, 4.69) is 10.3 Å². The average molecular weight is 288 g/mol. The van der Waals surface area contributed by atoms with Crippen LogP contribution >= 0.6 is 0 Å². The van der Waals surface area contributed by atoms with Crippen LogP contribution in [0, 0.1) is 17.8 Å². The van der Waals surface area contributed by atoms with Crippen LogP contribution in [0.25, 0.3) is 0 Å². The lowest BCUT2D eigenvalue weighted by Crippen LogP contribution is -2.47. The van der Waals surface area contributed by atoms with Crippen molar-refractivity contribution in [2.45, 2.75) is 31.7 Å². The summed E-state index contributed by atoms with van der Waals surface area (Å²) >= 11 is 0. The molecular weight excluding hydrogens is 268 g/mol. The van der Waals surface area contributed by atoms with E-state index in [9.17, 15) is 9.59 Å². The highest BCUT2D eigenvalue weighted by atomic mass is 16.5. The predicted octanol–water partition coefficient (Wildman–Crippen LogP) is 1.33. The molecule has 5 heteroatoms. The number of nitrogens with zero attached hydrogens (tertiary/aromatic N) is 1. The zero-order valence-electron chi connectivity index (χ0n) is 12.1. The second kappa shape index (κ2) is 5.84. The summed E-state index contributed by atoms with van der Waals surface area (Å²) in [6.45, 7) is 0. The number of nitrogens with one attached hydrogen (secondary N) is 1. The normalized spacial score (nSPS) is 30.1. The summed E-state index contributed by atoms with van der Waals surface area (Å²) in [6, 6.07) is 3.63. The molecule has 0 saturated heterocycles. The summed E-state index contributed by atoms with van der Waals surface area (Å²) in [5.74, 6) is 0.373. The minimum atomic E-state index is -0.186. The van der Waals surface area contributed by atoms with Crippen molar-refractivity contribution in [3.8, 4) is 0 Å². The molecule has 2 bridgehead atoms. The molecule has 1 heterocycles. The molecule has 2 aliphatic rings. The Morgan fingerprint density at radius 3 is 2.90 bits per heavy atom. The van der Waals surface area contributed by atoms with Crippen LogP contribution in [0.4, 0.5) is 0 Å². The van der Waals surface area contributed by atoms with Crippen molar-refractivity contribution < 1.29 is 14.3 Å². The molecule has 0 aromatic carbocycles. The summed E-state index contributed by atoms with van der Waals surface area (Å²) in [4.78, 5) is 28.2. The first-order valence-corrected chi connectivity index (χ1v) is 7.45. The van der Waals surface area contributed by atoms with Crippen LogP contribution in [-0.4, -0.2) is 30.0 Å². The zero-order chi connectivity index (χ0) is 14.8. The van der Waals surface area contributed by atoms with Crippen LogP contribution in [0.15, 0.2) is 24.5 Å². The molecule has 1 amide bonds. The third-order valence-electron chi connectivity index (χ3n) is 4.80. The molecule has 5 nitrogen and oxygen atoms in total. The van der Waals surface area contributed by atoms with Gasteiger partial charge in [-0.1, -0.05) is 6.07 Å². The van der Waals surface area contributed by atoms with E-state index in [4.69, 9.17) is 4.74 Å². The Morgan fingerprint density at radius 2 is 2.19 bits per heavy atom. The standard InChI is InChI=1S/C16H20N2O3/c1-21-16(20)14-11-4-5-12(8-11)15(14)18-13(19)7-10-3-2-6-17-9-10/h2-3,6,9,11-12,14-15H,4-5,7-8H2,1H3,(H,18,19)/t11-,12-,14-,15-/m0/s1. The van der Waals surface area contributed by atoms with Crippen molar-refractivity contribution in [2.24, 2.45) is 17.8 Å². The highest BCUT2D eigenvalue weighted by Crippen LogP contribution is 2.48. The maximum Gasteiger partial charge on any atom is 0.311 e. The van der Waals surface area contributed by atoms with Crippen LogP contribution in [0.1, 0.15) is 24.8 Å². The first kappa shape index (κ1) is 14.0. The summed E-state index contributed by atoms with van der Waals surface area (Å²) in [7, 11) is 1.42. The first-order valence-electron chi connectivity index (χ1n) is 7.45. The van der Waals surface area contributed by atoms with Crippen LogP contribution in [0.2, 0.25) is 0 Å². The quantitative estimate of drug-likeness (QED) is 0.849. The first-order chi connectivity index (χ1) is 10.2. The highest BCUT2D eigenvalue weighted by molar-refractivity contribution is 5.81. The lowest BCUT2D eigenvalue weighted by molar-refractivity contribution is -0.148. The lowest BCUT2D eigenvalue weighted by Gasteiger charge is -2.29. The summed E-state index contributed by atoms with van der Waals surface area (Å²) in [6.07, 6.45) is 6.87. The number of hydrogen-bond donors (Lipinski definition) is 1. The zero-order valence-corrected chi connectivity index (χ0v) is 12.1. The van der Waals surface area contributed by atoms with E-state index in [0.29, 0.717) is 18.3 Å². The fourth-order valence-corrected chi connectivity index (χ4v) is 3.90.